The van der Waals surface area contributed by atoms with Crippen LogP contribution in [-0.4, -0.2) is 32.6 Å². The number of nitrogens with zero attached hydrogens (tertiary/aromatic N) is 1. The van der Waals surface area contributed by atoms with Gasteiger partial charge in [-0.05, 0) is 37.6 Å². The molecule has 1 heterocycles. The Labute approximate surface area is 181 Å². The molecule has 0 radical (unpaired) electrons. The first-order chi connectivity index (χ1) is 14.8. The number of fused-ring (bicyclic) bond motifs is 1. The number of imidazole rings is 1. The fourth-order valence-electron chi connectivity index (χ4n) is 3.27. The lowest BCUT2D eigenvalue weighted by atomic mass is 10.1. The Morgan fingerprint density at radius 3 is 2.26 bits per heavy atom. The summed E-state index contributed by atoms with van der Waals surface area (Å²) in [5, 5.41) is 0. The van der Waals surface area contributed by atoms with Gasteiger partial charge >= 0.3 is 0 Å². The van der Waals surface area contributed by atoms with Gasteiger partial charge in [0.1, 0.15) is 5.82 Å². The second-order valence-corrected chi connectivity index (χ2v) is 8.94. The monoisotopic (exact) mass is 437 g/mol. The highest BCUT2D eigenvalue weighted by Gasteiger charge is 2.17. The zero-order chi connectivity index (χ0) is 22.2. The van der Waals surface area contributed by atoms with Crippen molar-refractivity contribution in [2.24, 2.45) is 0 Å². The highest BCUT2D eigenvalue weighted by atomic mass is 32.2. The molecule has 31 heavy (non-hydrogen) atoms. The molecule has 0 saturated heterocycles. The van der Waals surface area contributed by atoms with E-state index in [4.69, 9.17) is 9.47 Å². The molecule has 0 fully saturated rings. The quantitative estimate of drug-likeness (QED) is 0.457. The number of H-pyrrole nitrogens is 1. The van der Waals surface area contributed by atoms with Gasteiger partial charge in [0.25, 0.3) is 10.0 Å². The van der Waals surface area contributed by atoms with Gasteiger partial charge in [-0.2, -0.15) is 0 Å². The van der Waals surface area contributed by atoms with Gasteiger partial charge in [-0.15, -0.1) is 0 Å². The molecule has 4 aromatic rings. The van der Waals surface area contributed by atoms with Gasteiger partial charge in [-0.3, -0.25) is 4.72 Å². The van der Waals surface area contributed by atoms with Crippen LogP contribution in [0, 0.1) is 13.8 Å². The zero-order valence-corrected chi connectivity index (χ0v) is 18.5. The number of benzene rings is 3. The number of methoxy groups -OCH3 is 2. The van der Waals surface area contributed by atoms with E-state index in [0.717, 1.165) is 27.7 Å². The Morgan fingerprint density at radius 1 is 0.903 bits per heavy atom. The maximum absolute atomic E-state index is 12.8. The lowest BCUT2D eigenvalue weighted by Gasteiger charge is -2.12. The number of hydrogen-bond acceptors (Lipinski definition) is 5. The smallest absolute Gasteiger partial charge is 0.261 e. The fraction of sp³-hybridized carbons (Fsp3) is 0.174. The largest absolute Gasteiger partial charge is 0.493 e. The predicted octanol–water partition coefficient (Wildman–Crippen LogP) is 4.66. The lowest BCUT2D eigenvalue weighted by molar-refractivity contribution is 0.356. The van der Waals surface area contributed by atoms with Crippen LogP contribution in [0.1, 0.15) is 11.1 Å². The minimum Gasteiger partial charge on any atom is -0.493 e. The first-order valence-corrected chi connectivity index (χ1v) is 11.1. The molecule has 160 valence electrons. The van der Waals surface area contributed by atoms with Gasteiger partial charge in [0, 0.05) is 17.7 Å². The number of aromatic amines is 1. The second kappa shape index (κ2) is 7.96. The van der Waals surface area contributed by atoms with Crippen molar-refractivity contribution in [3.8, 4) is 22.9 Å². The molecule has 8 heteroatoms. The Balaban J connectivity index is 1.71. The van der Waals surface area contributed by atoms with Crippen LogP contribution in [0.15, 0.2) is 59.5 Å². The maximum atomic E-state index is 12.8. The van der Waals surface area contributed by atoms with Gasteiger partial charge < -0.3 is 14.5 Å². The highest BCUT2D eigenvalue weighted by molar-refractivity contribution is 7.92. The van der Waals surface area contributed by atoms with E-state index in [9.17, 15) is 8.42 Å². The predicted molar refractivity (Wildman–Crippen MR) is 121 cm³/mol. The fourth-order valence-corrected chi connectivity index (χ4v) is 4.40. The van der Waals surface area contributed by atoms with Crippen LogP contribution in [0.5, 0.6) is 11.5 Å². The average Bonchev–Trinajstić information content (AvgIpc) is 3.17. The number of nitrogens with one attached hydrogen (secondary N) is 2. The summed E-state index contributed by atoms with van der Waals surface area (Å²) in [5.41, 5.74) is 4.55. The van der Waals surface area contributed by atoms with Crippen molar-refractivity contribution in [1.82, 2.24) is 9.97 Å². The highest BCUT2D eigenvalue weighted by Crippen LogP contribution is 2.33. The average molecular weight is 438 g/mol. The zero-order valence-electron chi connectivity index (χ0n) is 17.7. The molecule has 0 atom stereocenters. The molecule has 0 aliphatic carbocycles. The van der Waals surface area contributed by atoms with E-state index in [1.54, 1.807) is 50.6 Å². The molecule has 0 aliphatic heterocycles. The van der Waals surface area contributed by atoms with Gasteiger partial charge in [-0.25, -0.2) is 13.4 Å². The molecule has 0 bridgehead atoms. The number of anilines is 1. The number of aryl methyl sites for hydroxylation is 2. The maximum Gasteiger partial charge on any atom is 0.261 e. The number of sulfonamides is 1. The van der Waals surface area contributed by atoms with Gasteiger partial charge in [0.2, 0.25) is 0 Å². The van der Waals surface area contributed by atoms with Crippen LogP contribution in [0.4, 0.5) is 5.69 Å². The third-order valence-corrected chi connectivity index (χ3v) is 6.46. The number of ether oxygens (including phenoxy) is 2. The summed E-state index contributed by atoms with van der Waals surface area (Å²) in [5.74, 6) is 1.80. The minimum absolute atomic E-state index is 0.214. The summed E-state index contributed by atoms with van der Waals surface area (Å²) in [6, 6.07) is 15.9. The molecule has 0 amide bonds. The first-order valence-electron chi connectivity index (χ1n) is 9.63. The Kier molecular flexibility index (Phi) is 5.32. The van der Waals surface area contributed by atoms with E-state index in [-0.39, 0.29) is 4.90 Å². The Bertz CT molecular complexity index is 1320. The Morgan fingerprint density at radius 2 is 1.58 bits per heavy atom. The molecule has 7 nitrogen and oxygen atoms in total. The SMILES string of the molecule is COc1cc2nc(-c3ccc(C)c(NS(=O)(=O)c4ccc(C)cc4)c3)[nH]c2cc1OC. The molecule has 3 aromatic carbocycles. The number of aromatic nitrogens is 2. The standard InChI is InChI=1S/C23H23N3O4S/c1-14-5-9-17(10-6-14)31(27,28)26-18-11-16(8-7-15(18)2)23-24-19-12-21(29-3)22(30-4)13-20(19)25-23/h5-13,26H,1-4H3,(H,24,25). The molecule has 4 rings (SSSR count). The second-order valence-electron chi connectivity index (χ2n) is 7.26. The van der Waals surface area contributed by atoms with Crippen molar-refractivity contribution < 1.29 is 17.9 Å². The molecule has 0 spiro atoms. The summed E-state index contributed by atoms with van der Waals surface area (Å²) in [7, 11) is -0.558. The van der Waals surface area contributed by atoms with Crippen molar-refractivity contribution in [1.29, 1.82) is 0 Å². The van der Waals surface area contributed by atoms with Crippen LogP contribution in [0.3, 0.4) is 0 Å². The summed E-state index contributed by atoms with van der Waals surface area (Å²) in [4.78, 5) is 8.11. The van der Waals surface area contributed by atoms with E-state index in [1.807, 2.05) is 32.0 Å². The van der Waals surface area contributed by atoms with Crippen molar-refractivity contribution in [3.05, 3.63) is 65.7 Å². The van der Waals surface area contributed by atoms with E-state index in [0.29, 0.717) is 23.0 Å². The molecule has 2 N–H and O–H groups in total. The van der Waals surface area contributed by atoms with Crippen LogP contribution in [0.25, 0.3) is 22.4 Å². The van der Waals surface area contributed by atoms with Crippen molar-refractivity contribution in [2.45, 2.75) is 18.7 Å². The third kappa shape index (κ3) is 4.06. The van der Waals surface area contributed by atoms with Crippen LogP contribution in [-0.2, 0) is 10.0 Å². The number of hydrogen-bond donors (Lipinski definition) is 2. The summed E-state index contributed by atoms with van der Waals surface area (Å²) < 4.78 is 39.0. The molecule has 0 unspecified atom stereocenters. The summed E-state index contributed by atoms with van der Waals surface area (Å²) >= 11 is 0. The van der Waals surface area contributed by atoms with Crippen molar-refractivity contribution in [3.63, 3.8) is 0 Å². The van der Waals surface area contributed by atoms with Crippen LogP contribution in [0.2, 0.25) is 0 Å². The molecule has 0 aliphatic rings. The summed E-state index contributed by atoms with van der Waals surface area (Å²) in [6.45, 7) is 3.76. The Hall–Kier alpha value is -3.52. The van der Waals surface area contributed by atoms with Gasteiger partial charge in [0.05, 0.1) is 35.8 Å². The normalized spacial score (nSPS) is 11.5. The first kappa shape index (κ1) is 20.7. The van der Waals surface area contributed by atoms with E-state index >= 15 is 0 Å². The number of rotatable bonds is 6. The van der Waals surface area contributed by atoms with Crippen LogP contribution < -0.4 is 14.2 Å². The van der Waals surface area contributed by atoms with E-state index in [2.05, 4.69) is 14.7 Å². The van der Waals surface area contributed by atoms with E-state index in [1.165, 1.54) is 0 Å². The van der Waals surface area contributed by atoms with Gasteiger partial charge in [-0.1, -0.05) is 29.8 Å². The lowest BCUT2D eigenvalue weighted by Crippen LogP contribution is -2.13. The minimum atomic E-state index is -3.71. The van der Waals surface area contributed by atoms with Crippen molar-refractivity contribution >= 4 is 26.7 Å². The molecular formula is C23H23N3O4S. The molecular weight excluding hydrogens is 414 g/mol. The third-order valence-electron chi connectivity index (χ3n) is 5.07. The summed E-state index contributed by atoms with van der Waals surface area (Å²) in [6.07, 6.45) is 0. The molecule has 1 aromatic heterocycles. The topological polar surface area (TPSA) is 93.3 Å². The van der Waals surface area contributed by atoms with Gasteiger partial charge in [0.15, 0.2) is 11.5 Å². The molecule has 0 saturated carbocycles. The van der Waals surface area contributed by atoms with Crippen molar-refractivity contribution in [2.75, 3.05) is 18.9 Å². The van der Waals surface area contributed by atoms with E-state index < -0.39 is 10.0 Å². The van der Waals surface area contributed by atoms with Crippen LogP contribution >= 0.6 is 0 Å².